The van der Waals surface area contributed by atoms with Gasteiger partial charge in [0.1, 0.15) is 0 Å². The van der Waals surface area contributed by atoms with Gasteiger partial charge in [0.2, 0.25) is 5.91 Å². The fourth-order valence-electron chi connectivity index (χ4n) is 1.94. The first kappa shape index (κ1) is 11.8. The fraction of sp³-hybridized carbons (Fsp3) is 0.429. The zero-order valence-corrected chi connectivity index (χ0v) is 10.3. The molecule has 0 saturated carbocycles. The van der Waals surface area contributed by atoms with E-state index in [4.69, 9.17) is 0 Å². The van der Waals surface area contributed by atoms with Gasteiger partial charge in [-0.05, 0) is 19.4 Å². The Kier molecular flexibility index (Phi) is 3.27. The third-order valence-corrected chi connectivity index (χ3v) is 3.05. The van der Waals surface area contributed by atoms with E-state index in [-0.39, 0.29) is 11.7 Å². The zero-order chi connectivity index (χ0) is 12.4. The number of aryl methyl sites for hydroxylation is 2. The molecule has 0 aliphatic carbocycles. The third kappa shape index (κ3) is 2.93. The molecule has 3 heteroatoms. The van der Waals surface area contributed by atoms with Crippen LogP contribution in [0, 0.1) is 13.8 Å². The van der Waals surface area contributed by atoms with Gasteiger partial charge in [0.25, 0.3) is 0 Å². The summed E-state index contributed by atoms with van der Waals surface area (Å²) in [5.74, 6) is 0.167. The van der Waals surface area contributed by atoms with E-state index in [1.165, 1.54) is 0 Å². The van der Waals surface area contributed by atoms with Crippen LogP contribution in [0.5, 0.6) is 0 Å². The van der Waals surface area contributed by atoms with E-state index >= 15 is 0 Å². The standard InChI is InChI=1S/C14H17NO2/c1-10-3-4-12(11(2)9-10)13(16)5-6-14(17)15-7-8-15/h3-4,9H,5-8H2,1-2H3. The number of ketones is 1. The summed E-state index contributed by atoms with van der Waals surface area (Å²) < 4.78 is 0. The molecule has 1 heterocycles. The molecule has 0 radical (unpaired) electrons. The van der Waals surface area contributed by atoms with Gasteiger partial charge in [-0.25, -0.2) is 0 Å². The number of carbonyl (C=O) groups is 2. The van der Waals surface area contributed by atoms with Crippen molar-refractivity contribution in [2.75, 3.05) is 13.1 Å². The maximum absolute atomic E-state index is 12.0. The van der Waals surface area contributed by atoms with E-state index in [0.717, 1.165) is 29.8 Å². The molecule has 1 aromatic rings. The van der Waals surface area contributed by atoms with Gasteiger partial charge in [0.15, 0.2) is 5.78 Å². The first-order valence-corrected chi connectivity index (χ1v) is 5.96. The van der Waals surface area contributed by atoms with Crippen LogP contribution in [0.3, 0.4) is 0 Å². The van der Waals surface area contributed by atoms with Gasteiger partial charge >= 0.3 is 0 Å². The Balaban J connectivity index is 1.96. The molecule has 0 aromatic heterocycles. The Labute approximate surface area is 101 Å². The van der Waals surface area contributed by atoms with Gasteiger partial charge in [-0.3, -0.25) is 9.59 Å². The zero-order valence-electron chi connectivity index (χ0n) is 10.3. The maximum atomic E-state index is 12.0. The molecule has 0 bridgehead atoms. The summed E-state index contributed by atoms with van der Waals surface area (Å²) in [5, 5.41) is 0. The second kappa shape index (κ2) is 4.70. The minimum atomic E-state index is 0.0673. The molecule has 1 aliphatic rings. The molecule has 1 amide bonds. The number of amides is 1. The van der Waals surface area contributed by atoms with E-state index in [2.05, 4.69) is 0 Å². The van der Waals surface area contributed by atoms with Crippen LogP contribution >= 0.6 is 0 Å². The van der Waals surface area contributed by atoms with E-state index in [1.54, 1.807) is 4.90 Å². The Morgan fingerprint density at radius 1 is 1.18 bits per heavy atom. The first-order chi connectivity index (χ1) is 8.08. The van der Waals surface area contributed by atoms with Crippen molar-refractivity contribution in [1.29, 1.82) is 0 Å². The highest BCUT2D eigenvalue weighted by Crippen LogP contribution is 2.15. The predicted octanol–water partition coefficient (Wildman–Crippen LogP) is 2.11. The predicted molar refractivity (Wildman–Crippen MR) is 66.1 cm³/mol. The lowest BCUT2D eigenvalue weighted by Crippen LogP contribution is -2.12. The molecule has 3 nitrogen and oxygen atoms in total. The number of nitrogens with zero attached hydrogens (tertiary/aromatic N) is 1. The summed E-state index contributed by atoms with van der Waals surface area (Å²) in [4.78, 5) is 25.2. The van der Waals surface area contributed by atoms with Gasteiger partial charge in [-0.2, -0.15) is 0 Å². The van der Waals surface area contributed by atoms with Crippen LogP contribution < -0.4 is 0 Å². The summed E-state index contributed by atoms with van der Waals surface area (Å²) in [6, 6.07) is 5.79. The fourth-order valence-corrected chi connectivity index (χ4v) is 1.94. The first-order valence-electron chi connectivity index (χ1n) is 5.96. The van der Waals surface area contributed by atoms with Crippen LogP contribution in [0.1, 0.15) is 34.3 Å². The summed E-state index contributed by atoms with van der Waals surface area (Å²) in [6.07, 6.45) is 0.658. The van der Waals surface area contributed by atoms with Gasteiger partial charge in [0.05, 0.1) is 0 Å². The van der Waals surface area contributed by atoms with Crippen molar-refractivity contribution in [3.8, 4) is 0 Å². The molecule has 1 aliphatic heterocycles. The summed E-state index contributed by atoms with van der Waals surface area (Å²) in [6.45, 7) is 5.66. The van der Waals surface area contributed by atoms with Crippen LogP contribution in [0.4, 0.5) is 0 Å². The molecule has 1 saturated heterocycles. The molecule has 0 N–H and O–H groups in total. The van der Waals surface area contributed by atoms with Crippen LogP contribution in [-0.4, -0.2) is 29.7 Å². The second-order valence-electron chi connectivity index (χ2n) is 4.62. The highest BCUT2D eigenvalue weighted by atomic mass is 16.2. The average molecular weight is 231 g/mol. The molecule has 0 unspecified atom stereocenters. The largest absolute Gasteiger partial charge is 0.339 e. The topological polar surface area (TPSA) is 37.1 Å². The summed E-state index contributed by atoms with van der Waals surface area (Å²) in [7, 11) is 0. The van der Waals surface area contributed by atoms with E-state index < -0.39 is 0 Å². The highest BCUT2D eigenvalue weighted by molar-refractivity contribution is 5.99. The van der Waals surface area contributed by atoms with Crippen molar-refractivity contribution in [3.63, 3.8) is 0 Å². The van der Waals surface area contributed by atoms with E-state index in [9.17, 15) is 9.59 Å². The van der Waals surface area contributed by atoms with Crippen molar-refractivity contribution < 1.29 is 9.59 Å². The Bertz CT molecular complexity index is 461. The van der Waals surface area contributed by atoms with Crippen molar-refractivity contribution in [3.05, 3.63) is 34.9 Å². The monoisotopic (exact) mass is 231 g/mol. The maximum Gasteiger partial charge on any atom is 0.223 e. The van der Waals surface area contributed by atoms with Crippen LogP contribution in [-0.2, 0) is 4.79 Å². The summed E-state index contributed by atoms with van der Waals surface area (Å²) >= 11 is 0. The molecule has 1 aromatic carbocycles. The SMILES string of the molecule is Cc1ccc(C(=O)CCC(=O)N2CC2)c(C)c1. The summed E-state index contributed by atoms with van der Waals surface area (Å²) in [5.41, 5.74) is 2.89. The minimum Gasteiger partial charge on any atom is -0.339 e. The van der Waals surface area contributed by atoms with Crippen LogP contribution in [0.15, 0.2) is 18.2 Å². The molecular formula is C14H17NO2. The highest BCUT2D eigenvalue weighted by Gasteiger charge is 2.24. The lowest BCUT2D eigenvalue weighted by atomic mass is 9.99. The smallest absolute Gasteiger partial charge is 0.223 e. The number of hydrogen-bond acceptors (Lipinski definition) is 2. The number of hydrogen-bond donors (Lipinski definition) is 0. The van der Waals surface area contributed by atoms with Crippen molar-refractivity contribution >= 4 is 11.7 Å². The molecule has 1 fully saturated rings. The minimum absolute atomic E-state index is 0.0673. The normalized spacial score (nSPS) is 13.6. The van der Waals surface area contributed by atoms with E-state index in [1.807, 2.05) is 32.0 Å². The van der Waals surface area contributed by atoms with Crippen molar-refractivity contribution in [2.45, 2.75) is 26.7 Å². The van der Waals surface area contributed by atoms with E-state index in [0.29, 0.717) is 12.8 Å². The van der Waals surface area contributed by atoms with Crippen LogP contribution in [0.25, 0.3) is 0 Å². The molecule has 0 atom stereocenters. The molecule has 0 spiro atoms. The van der Waals surface area contributed by atoms with Crippen LogP contribution in [0.2, 0.25) is 0 Å². The molecular weight excluding hydrogens is 214 g/mol. The van der Waals surface area contributed by atoms with Gasteiger partial charge in [-0.1, -0.05) is 23.8 Å². The number of benzene rings is 1. The number of Topliss-reactive ketones (excluding diaryl/α,β-unsaturated/α-hetero) is 1. The van der Waals surface area contributed by atoms with Crippen molar-refractivity contribution in [1.82, 2.24) is 4.90 Å². The number of rotatable bonds is 4. The Hall–Kier alpha value is -1.64. The lowest BCUT2D eigenvalue weighted by Gasteiger charge is -2.06. The molecule has 2 rings (SSSR count). The molecule has 17 heavy (non-hydrogen) atoms. The van der Waals surface area contributed by atoms with Gasteiger partial charge in [0, 0.05) is 31.5 Å². The molecule has 90 valence electrons. The Morgan fingerprint density at radius 2 is 1.88 bits per heavy atom. The average Bonchev–Trinajstić information content (AvgIpc) is 3.09. The number of carbonyl (C=O) groups excluding carboxylic acids is 2. The second-order valence-corrected chi connectivity index (χ2v) is 4.62. The Morgan fingerprint density at radius 3 is 2.47 bits per heavy atom. The lowest BCUT2D eigenvalue weighted by molar-refractivity contribution is -0.125. The van der Waals surface area contributed by atoms with Crippen molar-refractivity contribution in [2.24, 2.45) is 0 Å². The van der Waals surface area contributed by atoms with Gasteiger partial charge in [-0.15, -0.1) is 0 Å². The van der Waals surface area contributed by atoms with Gasteiger partial charge < -0.3 is 4.90 Å². The third-order valence-electron chi connectivity index (χ3n) is 3.05. The quantitative estimate of drug-likeness (QED) is 0.588.